The Kier molecular flexibility index (Phi) is 2.78. The quantitative estimate of drug-likeness (QED) is 0.715. The number of hydrogen-bond donors (Lipinski definition) is 2. The van der Waals surface area contributed by atoms with Gasteiger partial charge in [-0.25, -0.2) is 9.59 Å². The molecule has 82 valence electrons. The van der Waals surface area contributed by atoms with Gasteiger partial charge in [0, 0.05) is 12.7 Å². The minimum atomic E-state index is -1.32. The largest absolute Gasteiger partial charge is 0.477 e. The molecule has 0 radical (unpaired) electrons. The molecule has 2 N–H and O–H groups in total. The van der Waals surface area contributed by atoms with E-state index in [1.807, 2.05) is 4.98 Å². The smallest absolute Gasteiger partial charge is 0.343 e. The molecule has 0 bridgehead atoms. The minimum Gasteiger partial charge on any atom is -0.477 e. The second kappa shape index (κ2) is 3.72. The van der Waals surface area contributed by atoms with Crippen molar-refractivity contribution in [1.82, 2.24) is 9.55 Å². The molecule has 0 atom stereocenters. The number of carboxylic acid groups (broad SMARTS) is 1. The van der Waals surface area contributed by atoms with Crippen molar-refractivity contribution in [3.63, 3.8) is 0 Å². The highest BCUT2D eigenvalue weighted by Gasteiger charge is 2.20. The molecule has 0 aliphatic rings. The molecule has 1 aromatic heterocycles. The standard InChI is InChI=1S/C9H12N2O4/c1-4(2)6-5(8(13)14)7(12)10-9(15)11(6)3/h4H,1-3H3,(H,13,14)(H,10,12,15). The van der Waals surface area contributed by atoms with E-state index in [4.69, 9.17) is 5.11 Å². The van der Waals surface area contributed by atoms with Crippen LogP contribution in [-0.4, -0.2) is 20.6 Å². The molecule has 1 rings (SSSR count). The maximum absolute atomic E-state index is 11.3. The first-order valence-corrected chi connectivity index (χ1v) is 4.42. The van der Waals surface area contributed by atoms with Gasteiger partial charge in [-0.3, -0.25) is 14.3 Å². The van der Waals surface area contributed by atoms with Crippen LogP contribution in [0.25, 0.3) is 0 Å². The van der Waals surface area contributed by atoms with E-state index in [-0.39, 0.29) is 17.2 Å². The number of aromatic nitrogens is 2. The fourth-order valence-electron chi connectivity index (χ4n) is 1.52. The van der Waals surface area contributed by atoms with Gasteiger partial charge >= 0.3 is 11.7 Å². The molecule has 6 heteroatoms. The fourth-order valence-corrected chi connectivity index (χ4v) is 1.52. The molecule has 0 saturated heterocycles. The number of nitrogens with zero attached hydrogens (tertiary/aromatic N) is 1. The number of aromatic amines is 1. The first kappa shape index (κ1) is 11.2. The van der Waals surface area contributed by atoms with Gasteiger partial charge < -0.3 is 5.11 Å². The average molecular weight is 212 g/mol. The molecule has 1 heterocycles. The zero-order chi connectivity index (χ0) is 11.7. The van der Waals surface area contributed by atoms with Gasteiger partial charge in [-0.2, -0.15) is 0 Å². The third-order valence-corrected chi connectivity index (χ3v) is 2.13. The highest BCUT2D eigenvalue weighted by Crippen LogP contribution is 2.13. The number of rotatable bonds is 2. The SMILES string of the molecule is CC(C)c1c(C(=O)O)c(=O)[nH]c(=O)n1C. The summed E-state index contributed by atoms with van der Waals surface area (Å²) in [7, 11) is 1.43. The number of nitrogens with one attached hydrogen (secondary N) is 1. The van der Waals surface area contributed by atoms with Crippen molar-refractivity contribution in [1.29, 1.82) is 0 Å². The van der Waals surface area contributed by atoms with Crippen LogP contribution in [0.4, 0.5) is 0 Å². The minimum absolute atomic E-state index is 0.212. The molecule has 0 saturated carbocycles. The molecule has 0 amide bonds. The summed E-state index contributed by atoms with van der Waals surface area (Å²) in [6.45, 7) is 3.45. The van der Waals surface area contributed by atoms with Crippen LogP contribution in [0.1, 0.15) is 35.8 Å². The van der Waals surface area contributed by atoms with Gasteiger partial charge in [-0.1, -0.05) is 13.8 Å². The van der Waals surface area contributed by atoms with Crippen LogP contribution in [0.5, 0.6) is 0 Å². The molecule has 0 aromatic carbocycles. The maximum Gasteiger partial charge on any atom is 0.343 e. The summed E-state index contributed by atoms with van der Waals surface area (Å²) in [6.07, 6.45) is 0. The van der Waals surface area contributed by atoms with Crippen LogP contribution in [0.3, 0.4) is 0 Å². The second-order valence-electron chi connectivity index (χ2n) is 3.54. The van der Waals surface area contributed by atoms with Crippen LogP contribution in [0.2, 0.25) is 0 Å². The van der Waals surface area contributed by atoms with Crippen molar-refractivity contribution in [2.45, 2.75) is 19.8 Å². The molecular formula is C9H12N2O4. The molecule has 1 aromatic rings. The van der Waals surface area contributed by atoms with E-state index in [1.54, 1.807) is 13.8 Å². The topological polar surface area (TPSA) is 92.2 Å². The number of hydrogen-bond acceptors (Lipinski definition) is 3. The van der Waals surface area contributed by atoms with Gasteiger partial charge in [-0.05, 0) is 5.92 Å². The summed E-state index contributed by atoms with van der Waals surface area (Å²) in [5, 5.41) is 8.88. The molecule has 0 spiro atoms. The van der Waals surface area contributed by atoms with E-state index in [2.05, 4.69) is 0 Å². The van der Waals surface area contributed by atoms with Crippen molar-refractivity contribution in [2.24, 2.45) is 7.05 Å². The highest BCUT2D eigenvalue weighted by molar-refractivity contribution is 5.88. The van der Waals surface area contributed by atoms with Crippen molar-refractivity contribution < 1.29 is 9.90 Å². The summed E-state index contributed by atoms with van der Waals surface area (Å²) >= 11 is 0. The summed E-state index contributed by atoms with van der Waals surface area (Å²) < 4.78 is 1.15. The average Bonchev–Trinajstić information content (AvgIpc) is 2.09. The lowest BCUT2D eigenvalue weighted by Crippen LogP contribution is -2.36. The zero-order valence-electron chi connectivity index (χ0n) is 8.70. The summed E-state index contributed by atoms with van der Waals surface area (Å²) in [6, 6.07) is 0. The van der Waals surface area contributed by atoms with Crippen molar-refractivity contribution in [2.75, 3.05) is 0 Å². The maximum atomic E-state index is 11.3. The van der Waals surface area contributed by atoms with Gasteiger partial charge in [0.25, 0.3) is 5.56 Å². The first-order valence-electron chi connectivity index (χ1n) is 4.42. The Hall–Kier alpha value is -1.85. The first-order chi connectivity index (χ1) is 6.86. The molecule has 6 nitrogen and oxygen atoms in total. The lowest BCUT2D eigenvalue weighted by Gasteiger charge is -2.12. The Morgan fingerprint density at radius 2 is 1.93 bits per heavy atom. The molecule has 0 unspecified atom stereocenters. The van der Waals surface area contributed by atoms with E-state index in [0.717, 1.165) is 4.57 Å². The van der Waals surface area contributed by atoms with E-state index in [1.165, 1.54) is 7.05 Å². The lowest BCUT2D eigenvalue weighted by atomic mass is 10.0. The zero-order valence-corrected chi connectivity index (χ0v) is 8.70. The normalized spacial score (nSPS) is 10.7. The van der Waals surface area contributed by atoms with E-state index in [9.17, 15) is 14.4 Å². The van der Waals surface area contributed by atoms with Crippen molar-refractivity contribution in [3.8, 4) is 0 Å². The predicted molar refractivity (Wildman–Crippen MR) is 53.4 cm³/mol. The third-order valence-electron chi connectivity index (χ3n) is 2.13. The van der Waals surface area contributed by atoms with Crippen LogP contribution < -0.4 is 11.2 Å². The van der Waals surface area contributed by atoms with Gasteiger partial charge in [0.1, 0.15) is 5.56 Å². The van der Waals surface area contributed by atoms with Crippen LogP contribution in [0.15, 0.2) is 9.59 Å². The predicted octanol–water partition coefficient (Wildman–Crippen LogP) is -0.105. The summed E-state index contributed by atoms with van der Waals surface area (Å²) in [5.41, 5.74) is -1.59. The number of aromatic carboxylic acids is 1. The van der Waals surface area contributed by atoms with Gasteiger partial charge in [0.2, 0.25) is 0 Å². The van der Waals surface area contributed by atoms with Crippen LogP contribution in [0, 0.1) is 0 Å². The molecule has 0 aliphatic carbocycles. The molecule has 0 aliphatic heterocycles. The summed E-state index contributed by atoms with van der Waals surface area (Å²) in [4.78, 5) is 35.4. The fraction of sp³-hybridized carbons (Fsp3) is 0.444. The van der Waals surface area contributed by atoms with Crippen molar-refractivity contribution >= 4 is 5.97 Å². The Balaban J connectivity index is 3.78. The lowest BCUT2D eigenvalue weighted by molar-refractivity contribution is 0.0691. The number of carboxylic acids is 1. The van der Waals surface area contributed by atoms with E-state index in [0.29, 0.717) is 0 Å². The van der Waals surface area contributed by atoms with E-state index < -0.39 is 17.2 Å². The van der Waals surface area contributed by atoms with Gasteiger partial charge in [-0.15, -0.1) is 0 Å². The second-order valence-corrected chi connectivity index (χ2v) is 3.54. The van der Waals surface area contributed by atoms with Crippen LogP contribution >= 0.6 is 0 Å². The number of H-pyrrole nitrogens is 1. The Bertz CT molecular complexity index is 510. The molecule has 15 heavy (non-hydrogen) atoms. The Morgan fingerprint density at radius 1 is 1.40 bits per heavy atom. The third kappa shape index (κ3) is 1.83. The van der Waals surface area contributed by atoms with Crippen LogP contribution in [-0.2, 0) is 7.05 Å². The van der Waals surface area contributed by atoms with Gasteiger partial charge in [0.15, 0.2) is 0 Å². The van der Waals surface area contributed by atoms with Gasteiger partial charge in [0.05, 0.1) is 0 Å². The number of carbonyl (C=O) groups is 1. The molecular weight excluding hydrogens is 200 g/mol. The summed E-state index contributed by atoms with van der Waals surface area (Å²) in [5.74, 6) is -1.54. The Morgan fingerprint density at radius 3 is 2.33 bits per heavy atom. The monoisotopic (exact) mass is 212 g/mol. The van der Waals surface area contributed by atoms with E-state index >= 15 is 0 Å². The highest BCUT2D eigenvalue weighted by atomic mass is 16.4. The Labute approximate surface area is 85.2 Å². The van der Waals surface area contributed by atoms with Crippen molar-refractivity contribution in [3.05, 3.63) is 32.1 Å². The molecule has 0 fully saturated rings.